The zero-order valence-electron chi connectivity index (χ0n) is 17.7. The summed E-state index contributed by atoms with van der Waals surface area (Å²) >= 11 is 5.30. The fraction of sp³-hybridized carbons (Fsp3) is 0.125. The molecule has 8 heteroatoms. The number of ether oxygens (including phenoxy) is 1. The summed E-state index contributed by atoms with van der Waals surface area (Å²) in [4.78, 5) is 18.8. The molecule has 0 radical (unpaired) electrons. The van der Waals surface area contributed by atoms with Crippen LogP contribution in [0.15, 0.2) is 77.3 Å². The molecular weight excluding hydrogens is 424 g/mol. The van der Waals surface area contributed by atoms with Gasteiger partial charge in [0.15, 0.2) is 10.9 Å². The normalized spacial score (nSPS) is 10.6. The molecule has 0 aliphatic carbocycles. The van der Waals surface area contributed by atoms with Gasteiger partial charge in [-0.2, -0.15) is 0 Å². The Labute approximate surface area is 191 Å². The number of nitrogens with one attached hydrogen (secondary N) is 2. The van der Waals surface area contributed by atoms with Crippen LogP contribution < -0.4 is 20.3 Å². The number of fused-ring (bicyclic) bond motifs is 1. The van der Waals surface area contributed by atoms with Gasteiger partial charge in [0.1, 0.15) is 23.8 Å². The first kappa shape index (κ1) is 21.3. The SMILES string of the molecule is CN(C)c1nccc2oc(C(=O)NC(=S)Nc3cccc(OCc4ccccc4)c3)cc12. The Bertz CT molecular complexity index is 1250. The number of amides is 1. The first-order chi connectivity index (χ1) is 15.5. The largest absolute Gasteiger partial charge is 0.489 e. The minimum atomic E-state index is -0.445. The lowest BCUT2D eigenvalue weighted by Crippen LogP contribution is -2.33. The summed E-state index contributed by atoms with van der Waals surface area (Å²) in [5, 5.41) is 6.55. The lowest BCUT2D eigenvalue weighted by Gasteiger charge is -2.11. The van der Waals surface area contributed by atoms with Crippen LogP contribution >= 0.6 is 12.2 Å². The molecule has 0 saturated carbocycles. The summed E-state index contributed by atoms with van der Waals surface area (Å²) < 4.78 is 11.5. The van der Waals surface area contributed by atoms with E-state index in [9.17, 15) is 4.79 Å². The van der Waals surface area contributed by atoms with Gasteiger partial charge in [-0.15, -0.1) is 0 Å². The third kappa shape index (κ3) is 5.04. The molecule has 162 valence electrons. The number of pyridine rings is 1. The van der Waals surface area contributed by atoms with Crippen LogP contribution in [0.4, 0.5) is 11.5 Å². The van der Waals surface area contributed by atoms with Gasteiger partial charge in [0.25, 0.3) is 5.91 Å². The van der Waals surface area contributed by atoms with Gasteiger partial charge in [-0.25, -0.2) is 4.98 Å². The molecule has 0 unspecified atom stereocenters. The molecule has 0 aliphatic rings. The van der Waals surface area contributed by atoms with E-state index in [2.05, 4.69) is 15.6 Å². The molecule has 0 atom stereocenters. The number of benzene rings is 2. The van der Waals surface area contributed by atoms with Gasteiger partial charge in [0, 0.05) is 38.1 Å². The van der Waals surface area contributed by atoms with E-state index >= 15 is 0 Å². The maximum absolute atomic E-state index is 12.6. The van der Waals surface area contributed by atoms with Crippen molar-refractivity contribution in [3.63, 3.8) is 0 Å². The highest BCUT2D eigenvalue weighted by Crippen LogP contribution is 2.26. The van der Waals surface area contributed by atoms with Crippen LogP contribution in [0, 0.1) is 0 Å². The predicted molar refractivity (Wildman–Crippen MR) is 129 cm³/mol. The summed E-state index contributed by atoms with van der Waals surface area (Å²) in [6, 6.07) is 20.7. The molecule has 0 spiro atoms. The Hall–Kier alpha value is -3.91. The zero-order valence-corrected chi connectivity index (χ0v) is 18.5. The van der Waals surface area contributed by atoms with Crippen molar-refractivity contribution in [2.24, 2.45) is 0 Å². The predicted octanol–water partition coefficient (Wildman–Crippen LogP) is 4.60. The third-order valence-electron chi connectivity index (χ3n) is 4.64. The number of anilines is 2. The monoisotopic (exact) mass is 446 g/mol. The molecule has 32 heavy (non-hydrogen) atoms. The summed E-state index contributed by atoms with van der Waals surface area (Å²) in [6.45, 7) is 0.460. The van der Waals surface area contributed by atoms with E-state index in [0.29, 0.717) is 23.6 Å². The molecule has 2 aromatic carbocycles. The van der Waals surface area contributed by atoms with Gasteiger partial charge in [0.05, 0.1) is 5.39 Å². The van der Waals surface area contributed by atoms with Gasteiger partial charge in [-0.3, -0.25) is 10.1 Å². The fourth-order valence-electron chi connectivity index (χ4n) is 3.15. The van der Waals surface area contributed by atoms with Crippen LogP contribution in [0.25, 0.3) is 11.0 Å². The van der Waals surface area contributed by atoms with Crippen LogP contribution in [0.2, 0.25) is 0 Å². The molecular formula is C24H22N4O3S. The van der Waals surface area contributed by atoms with E-state index in [1.165, 1.54) is 0 Å². The Morgan fingerprint density at radius 3 is 2.69 bits per heavy atom. The van der Waals surface area contributed by atoms with Crippen molar-refractivity contribution in [1.29, 1.82) is 0 Å². The lowest BCUT2D eigenvalue weighted by molar-refractivity contribution is 0.0953. The molecule has 4 rings (SSSR count). The number of carbonyl (C=O) groups is 1. The van der Waals surface area contributed by atoms with Gasteiger partial charge >= 0.3 is 0 Å². The van der Waals surface area contributed by atoms with E-state index in [-0.39, 0.29) is 10.9 Å². The highest BCUT2D eigenvalue weighted by Gasteiger charge is 2.17. The maximum Gasteiger partial charge on any atom is 0.293 e. The molecule has 0 aliphatic heterocycles. The second kappa shape index (κ2) is 9.49. The standard InChI is InChI=1S/C24H22N4O3S/c1-28(2)22-19-14-21(31-20(19)11-12-25-22)23(29)27-24(32)26-17-9-6-10-18(13-17)30-15-16-7-4-3-5-8-16/h3-14H,15H2,1-2H3,(H2,26,27,29,32). The van der Waals surface area contributed by atoms with Gasteiger partial charge in [-0.1, -0.05) is 36.4 Å². The van der Waals surface area contributed by atoms with Gasteiger partial charge in [-0.05, 0) is 36.0 Å². The van der Waals surface area contributed by atoms with Crippen molar-refractivity contribution < 1.29 is 13.9 Å². The Morgan fingerprint density at radius 1 is 1.09 bits per heavy atom. The van der Waals surface area contributed by atoms with Crippen LogP contribution in [0.5, 0.6) is 5.75 Å². The number of rotatable bonds is 6. The Kier molecular flexibility index (Phi) is 6.32. The number of hydrogen-bond donors (Lipinski definition) is 2. The van der Waals surface area contributed by atoms with Crippen molar-refractivity contribution in [3.05, 3.63) is 84.3 Å². The van der Waals surface area contributed by atoms with Crippen molar-refractivity contribution in [3.8, 4) is 5.75 Å². The van der Waals surface area contributed by atoms with Gasteiger partial charge < -0.3 is 19.4 Å². The minimum absolute atomic E-state index is 0.153. The number of thiocarbonyl (C=S) groups is 1. The van der Waals surface area contributed by atoms with Gasteiger partial charge in [0.2, 0.25) is 0 Å². The second-order valence-electron chi connectivity index (χ2n) is 7.26. The summed E-state index contributed by atoms with van der Waals surface area (Å²) in [7, 11) is 3.76. The second-order valence-corrected chi connectivity index (χ2v) is 7.67. The average Bonchev–Trinajstić information content (AvgIpc) is 3.23. The summed E-state index contributed by atoms with van der Waals surface area (Å²) in [5.74, 6) is 1.12. The first-order valence-corrected chi connectivity index (χ1v) is 10.4. The van der Waals surface area contributed by atoms with E-state index in [1.54, 1.807) is 18.3 Å². The average molecular weight is 447 g/mol. The highest BCUT2D eigenvalue weighted by atomic mass is 32.1. The lowest BCUT2D eigenvalue weighted by atomic mass is 10.2. The number of nitrogens with zero attached hydrogens (tertiary/aromatic N) is 2. The quantitative estimate of drug-likeness (QED) is 0.419. The minimum Gasteiger partial charge on any atom is -0.489 e. The van der Waals surface area contributed by atoms with E-state index in [4.69, 9.17) is 21.4 Å². The zero-order chi connectivity index (χ0) is 22.5. The molecule has 2 N–H and O–H groups in total. The highest BCUT2D eigenvalue weighted by molar-refractivity contribution is 7.80. The molecule has 2 aromatic heterocycles. The fourth-order valence-corrected chi connectivity index (χ4v) is 3.36. The topological polar surface area (TPSA) is 79.6 Å². The Morgan fingerprint density at radius 2 is 1.91 bits per heavy atom. The molecule has 0 fully saturated rings. The summed E-state index contributed by atoms with van der Waals surface area (Å²) in [5.41, 5.74) is 2.35. The number of aromatic nitrogens is 1. The Balaban J connectivity index is 1.39. The van der Waals surface area contributed by atoms with Crippen molar-refractivity contribution >= 4 is 45.7 Å². The molecule has 1 amide bonds. The smallest absolute Gasteiger partial charge is 0.293 e. The van der Waals surface area contributed by atoms with Crippen molar-refractivity contribution in [1.82, 2.24) is 10.3 Å². The molecule has 7 nitrogen and oxygen atoms in total. The number of hydrogen-bond acceptors (Lipinski definition) is 6. The number of carbonyl (C=O) groups excluding carboxylic acids is 1. The molecule has 0 bridgehead atoms. The van der Waals surface area contributed by atoms with E-state index < -0.39 is 5.91 Å². The maximum atomic E-state index is 12.6. The van der Waals surface area contributed by atoms with Crippen molar-refractivity contribution in [2.45, 2.75) is 6.61 Å². The number of furan rings is 1. The molecule has 2 heterocycles. The van der Waals surface area contributed by atoms with E-state index in [0.717, 1.165) is 16.8 Å². The van der Waals surface area contributed by atoms with Crippen LogP contribution in [0.1, 0.15) is 16.1 Å². The molecule has 4 aromatic rings. The van der Waals surface area contributed by atoms with Crippen molar-refractivity contribution in [2.75, 3.05) is 24.3 Å². The van der Waals surface area contributed by atoms with Crippen LogP contribution in [-0.4, -0.2) is 30.1 Å². The van der Waals surface area contributed by atoms with Crippen LogP contribution in [0.3, 0.4) is 0 Å². The first-order valence-electron chi connectivity index (χ1n) is 9.94. The molecule has 0 saturated heterocycles. The summed E-state index contributed by atoms with van der Waals surface area (Å²) in [6.07, 6.45) is 1.64. The van der Waals surface area contributed by atoms with E-state index in [1.807, 2.05) is 73.6 Å². The third-order valence-corrected chi connectivity index (χ3v) is 4.84. The van der Waals surface area contributed by atoms with Crippen LogP contribution in [-0.2, 0) is 6.61 Å².